The maximum absolute atomic E-state index is 12.1. The molecular weight excluding hydrogens is 250 g/mol. The Hall–Kier alpha value is -1.55. The van der Waals surface area contributed by atoms with E-state index >= 15 is 0 Å². The van der Waals surface area contributed by atoms with Crippen molar-refractivity contribution in [3.05, 3.63) is 35.9 Å². The topological polar surface area (TPSA) is 44.4 Å². The number of hydrogen-bond donors (Lipinski definition) is 2. The summed E-state index contributed by atoms with van der Waals surface area (Å²) in [6.07, 6.45) is 4.54. The van der Waals surface area contributed by atoms with Crippen molar-refractivity contribution in [2.24, 2.45) is 0 Å². The van der Waals surface area contributed by atoms with Gasteiger partial charge in [-0.2, -0.15) is 0 Å². The van der Waals surface area contributed by atoms with Gasteiger partial charge in [-0.05, 0) is 31.2 Å². The van der Waals surface area contributed by atoms with E-state index in [2.05, 4.69) is 34.9 Å². The normalized spacial score (nSPS) is 22.6. The molecule has 1 aromatic rings. The van der Waals surface area contributed by atoms with Crippen LogP contribution in [0.5, 0.6) is 0 Å². The largest absolute Gasteiger partial charge is 0.335 e. The van der Waals surface area contributed by atoms with Crippen LogP contribution in [0.4, 0.5) is 4.79 Å². The van der Waals surface area contributed by atoms with Crippen LogP contribution < -0.4 is 10.6 Å². The second-order valence-electron chi connectivity index (χ2n) is 5.88. The van der Waals surface area contributed by atoms with Gasteiger partial charge in [0.2, 0.25) is 0 Å². The number of nitrogens with zero attached hydrogens (tertiary/aromatic N) is 1. The Morgan fingerprint density at radius 2 is 1.95 bits per heavy atom. The van der Waals surface area contributed by atoms with E-state index in [-0.39, 0.29) is 6.03 Å². The number of benzene rings is 1. The Bertz CT molecular complexity index is 444. The molecule has 1 aromatic carbocycles. The Kier molecular flexibility index (Phi) is 4.21. The lowest BCUT2D eigenvalue weighted by Gasteiger charge is -2.33. The number of likely N-dealkylation sites (tertiary alicyclic amines) is 1. The molecule has 20 heavy (non-hydrogen) atoms. The van der Waals surface area contributed by atoms with Gasteiger partial charge in [-0.15, -0.1) is 0 Å². The van der Waals surface area contributed by atoms with Gasteiger partial charge in [0.15, 0.2) is 0 Å². The average molecular weight is 273 g/mol. The molecule has 1 aliphatic heterocycles. The van der Waals surface area contributed by atoms with E-state index in [1.54, 1.807) is 0 Å². The highest BCUT2D eigenvalue weighted by Gasteiger charge is 2.28. The van der Waals surface area contributed by atoms with Crippen LogP contribution in [0.1, 0.15) is 31.2 Å². The summed E-state index contributed by atoms with van der Waals surface area (Å²) in [7, 11) is 0. The van der Waals surface area contributed by atoms with E-state index in [1.165, 1.54) is 5.56 Å². The van der Waals surface area contributed by atoms with Crippen LogP contribution in [0.2, 0.25) is 0 Å². The third kappa shape index (κ3) is 3.73. The van der Waals surface area contributed by atoms with E-state index in [4.69, 9.17) is 0 Å². The molecule has 1 aliphatic carbocycles. The minimum atomic E-state index is 0.124. The fourth-order valence-corrected chi connectivity index (χ4v) is 2.68. The van der Waals surface area contributed by atoms with Gasteiger partial charge in [0.1, 0.15) is 0 Å². The SMILES string of the molecule is O=C(NC1CC1)N1CCC[C@H](NCc2ccccc2)C1. The number of hydrogen-bond acceptors (Lipinski definition) is 2. The monoisotopic (exact) mass is 273 g/mol. The second kappa shape index (κ2) is 6.27. The molecule has 2 N–H and O–H groups in total. The first-order chi connectivity index (χ1) is 9.81. The number of urea groups is 1. The Balaban J connectivity index is 1.46. The van der Waals surface area contributed by atoms with Crippen molar-refractivity contribution in [2.45, 2.75) is 44.3 Å². The molecule has 2 aliphatic rings. The first-order valence-electron chi connectivity index (χ1n) is 7.64. The molecule has 0 unspecified atom stereocenters. The molecule has 0 spiro atoms. The van der Waals surface area contributed by atoms with Crippen LogP contribution in [0.25, 0.3) is 0 Å². The zero-order valence-corrected chi connectivity index (χ0v) is 11.8. The quantitative estimate of drug-likeness (QED) is 0.882. The first-order valence-corrected chi connectivity index (χ1v) is 7.64. The van der Waals surface area contributed by atoms with Gasteiger partial charge in [-0.1, -0.05) is 30.3 Å². The summed E-state index contributed by atoms with van der Waals surface area (Å²) in [4.78, 5) is 14.0. The summed E-state index contributed by atoms with van der Waals surface area (Å²) in [5.41, 5.74) is 1.30. The molecule has 108 valence electrons. The van der Waals surface area contributed by atoms with Crippen molar-refractivity contribution in [1.82, 2.24) is 15.5 Å². The standard InChI is InChI=1S/C16H23N3O/c20-16(18-14-8-9-14)19-10-4-7-15(12-19)17-11-13-5-2-1-3-6-13/h1-3,5-6,14-15,17H,4,7-12H2,(H,18,20)/t15-/m0/s1. The molecule has 1 saturated heterocycles. The predicted octanol–water partition coefficient (Wildman–Crippen LogP) is 2.11. The maximum atomic E-state index is 12.1. The summed E-state index contributed by atoms with van der Waals surface area (Å²) >= 11 is 0. The van der Waals surface area contributed by atoms with Crippen LogP contribution in [-0.2, 0) is 6.54 Å². The van der Waals surface area contributed by atoms with Crippen LogP contribution in [0, 0.1) is 0 Å². The third-order valence-corrected chi connectivity index (χ3v) is 4.05. The second-order valence-corrected chi connectivity index (χ2v) is 5.88. The van der Waals surface area contributed by atoms with E-state index in [1.807, 2.05) is 11.0 Å². The molecule has 0 radical (unpaired) electrons. The molecule has 1 heterocycles. The highest BCUT2D eigenvalue weighted by Crippen LogP contribution is 2.20. The van der Waals surface area contributed by atoms with E-state index in [9.17, 15) is 4.79 Å². The highest BCUT2D eigenvalue weighted by atomic mass is 16.2. The van der Waals surface area contributed by atoms with Crippen molar-refractivity contribution in [3.8, 4) is 0 Å². The van der Waals surface area contributed by atoms with Crippen molar-refractivity contribution < 1.29 is 4.79 Å². The van der Waals surface area contributed by atoms with Gasteiger partial charge in [0.05, 0.1) is 0 Å². The molecule has 4 heteroatoms. The molecule has 1 atom stereocenters. The van der Waals surface area contributed by atoms with Crippen molar-refractivity contribution in [3.63, 3.8) is 0 Å². The maximum Gasteiger partial charge on any atom is 0.317 e. The van der Waals surface area contributed by atoms with E-state index in [0.29, 0.717) is 12.1 Å². The molecule has 2 fully saturated rings. The lowest BCUT2D eigenvalue weighted by Crippen LogP contribution is -2.51. The molecule has 1 saturated carbocycles. The fraction of sp³-hybridized carbons (Fsp3) is 0.562. The number of amides is 2. The summed E-state index contributed by atoms with van der Waals surface area (Å²) < 4.78 is 0. The number of nitrogens with one attached hydrogen (secondary N) is 2. The summed E-state index contributed by atoms with van der Waals surface area (Å²) in [5, 5.41) is 6.65. The Labute approximate surface area is 120 Å². The molecule has 4 nitrogen and oxygen atoms in total. The smallest absolute Gasteiger partial charge is 0.317 e. The zero-order chi connectivity index (χ0) is 13.8. The lowest BCUT2D eigenvalue weighted by atomic mass is 10.1. The molecule has 3 rings (SSSR count). The van der Waals surface area contributed by atoms with Crippen molar-refractivity contribution >= 4 is 6.03 Å². The molecule has 0 bridgehead atoms. The van der Waals surface area contributed by atoms with E-state index in [0.717, 1.165) is 45.3 Å². The van der Waals surface area contributed by atoms with E-state index < -0.39 is 0 Å². The van der Waals surface area contributed by atoms with Crippen LogP contribution in [0.3, 0.4) is 0 Å². The Morgan fingerprint density at radius 3 is 2.70 bits per heavy atom. The van der Waals surface area contributed by atoms with Gasteiger partial charge in [-0.3, -0.25) is 0 Å². The summed E-state index contributed by atoms with van der Waals surface area (Å²) in [6, 6.07) is 11.4. The lowest BCUT2D eigenvalue weighted by molar-refractivity contribution is 0.172. The van der Waals surface area contributed by atoms with Crippen LogP contribution in [-0.4, -0.2) is 36.1 Å². The van der Waals surface area contributed by atoms with Gasteiger partial charge in [0, 0.05) is 31.7 Å². The van der Waals surface area contributed by atoms with Gasteiger partial charge in [0.25, 0.3) is 0 Å². The summed E-state index contributed by atoms with van der Waals surface area (Å²) in [5.74, 6) is 0. The van der Waals surface area contributed by atoms with Gasteiger partial charge >= 0.3 is 6.03 Å². The number of rotatable bonds is 4. The minimum absolute atomic E-state index is 0.124. The predicted molar refractivity (Wildman–Crippen MR) is 79.4 cm³/mol. The van der Waals surface area contributed by atoms with Crippen LogP contribution >= 0.6 is 0 Å². The summed E-state index contributed by atoms with van der Waals surface area (Å²) in [6.45, 7) is 2.59. The third-order valence-electron chi connectivity index (χ3n) is 4.05. The Morgan fingerprint density at radius 1 is 1.15 bits per heavy atom. The molecule has 2 amide bonds. The van der Waals surface area contributed by atoms with Gasteiger partial charge < -0.3 is 15.5 Å². The first kappa shape index (κ1) is 13.4. The average Bonchev–Trinajstić information content (AvgIpc) is 3.30. The number of piperidine rings is 1. The van der Waals surface area contributed by atoms with Crippen LogP contribution in [0.15, 0.2) is 30.3 Å². The zero-order valence-electron chi connectivity index (χ0n) is 11.8. The number of carbonyl (C=O) groups is 1. The van der Waals surface area contributed by atoms with Crippen molar-refractivity contribution in [1.29, 1.82) is 0 Å². The number of carbonyl (C=O) groups excluding carboxylic acids is 1. The minimum Gasteiger partial charge on any atom is -0.335 e. The fourth-order valence-electron chi connectivity index (χ4n) is 2.68. The van der Waals surface area contributed by atoms with Gasteiger partial charge in [-0.25, -0.2) is 4.79 Å². The highest BCUT2D eigenvalue weighted by molar-refractivity contribution is 5.75. The molecule has 0 aromatic heterocycles. The van der Waals surface area contributed by atoms with Crippen molar-refractivity contribution in [2.75, 3.05) is 13.1 Å². The molecular formula is C16H23N3O.